The van der Waals surface area contributed by atoms with Gasteiger partial charge in [0.25, 0.3) is 5.91 Å². The highest BCUT2D eigenvalue weighted by molar-refractivity contribution is 6.00. The Morgan fingerprint density at radius 1 is 1.15 bits per heavy atom. The molecule has 0 bridgehead atoms. The number of nitrogens with two attached hydrogens (primary N) is 1. The summed E-state index contributed by atoms with van der Waals surface area (Å²) in [5.41, 5.74) is 6.33. The Bertz CT molecular complexity index is 458. The van der Waals surface area contributed by atoms with Crippen LogP contribution in [0.1, 0.15) is 10.4 Å². The van der Waals surface area contributed by atoms with E-state index in [1.807, 2.05) is 0 Å². The molecular weight excluding hydrogens is 264 g/mol. The molecule has 0 aliphatic rings. The lowest BCUT2D eigenvalue weighted by Gasteiger charge is -2.22. The number of carbonyl (C=O) groups excluding carboxylic acids is 1. The van der Waals surface area contributed by atoms with Crippen molar-refractivity contribution in [3.05, 3.63) is 17.7 Å². The van der Waals surface area contributed by atoms with Crippen LogP contribution >= 0.6 is 0 Å². The van der Waals surface area contributed by atoms with E-state index in [9.17, 15) is 4.79 Å². The van der Waals surface area contributed by atoms with Gasteiger partial charge in [-0.25, -0.2) is 0 Å². The van der Waals surface area contributed by atoms with Crippen molar-refractivity contribution in [2.45, 2.75) is 0 Å². The lowest BCUT2D eigenvalue weighted by molar-refractivity contribution is 0.0685. The summed E-state index contributed by atoms with van der Waals surface area (Å²) in [7, 11) is 2.93. The first-order valence-electron chi connectivity index (χ1n) is 6.11. The van der Waals surface area contributed by atoms with Gasteiger partial charge in [-0.2, -0.15) is 0 Å². The summed E-state index contributed by atoms with van der Waals surface area (Å²) in [6, 6.07) is 2.99. The number of ether oxygens (including phenoxy) is 2. The zero-order chi connectivity index (χ0) is 15.1. The van der Waals surface area contributed by atoms with Crippen LogP contribution in [0, 0.1) is 0 Å². The van der Waals surface area contributed by atoms with Crippen molar-refractivity contribution in [2.75, 3.05) is 46.3 Å². The van der Waals surface area contributed by atoms with E-state index in [0.717, 1.165) is 0 Å². The molecule has 0 spiro atoms. The van der Waals surface area contributed by atoms with E-state index in [0.29, 0.717) is 11.5 Å². The van der Waals surface area contributed by atoms with Crippen LogP contribution in [-0.2, 0) is 0 Å². The molecule has 0 aliphatic carbocycles. The minimum atomic E-state index is -0.383. The van der Waals surface area contributed by atoms with Gasteiger partial charge in [-0.1, -0.05) is 0 Å². The molecule has 20 heavy (non-hydrogen) atoms. The number of benzene rings is 1. The normalized spacial score (nSPS) is 10.2. The van der Waals surface area contributed by atoms with Gasteiger partial charge in [0.2, 0.25) is 0 Å². The van der Waals surface area contributed by atoms with Gasteiger partial charge in [0.1, 0.15) is 0 Å². The fraction of sp³-hybridized carbons (Fsp3) is 0.462. The van der Waals surface area contributed by atoms with Crippen LogP contribution in [0.4, 0.5) is 5.69 Å². The molecule has 0 aromatic heterocycles. The second-order valence-corrected chi connectivity index (χ2v) is 4.03. The Hall–Kier alpha value is -1.99. The van der Waals surface area contributed by atoms with Crippen LogP contribution in [0.3, 0.4) is 0 Å². The molecule has 7 heteroatoms. The molecule has 0 heterocycles. The van der Waals surface area contributed by atoms with Gasteiger partial charge in [-0.05, 0) is 6.07 Å². The van der Waals surface area contributed by atoms with Gasteiger partial charge < -0.3 is 30.3 Å². The predicted molar refractivity (Wildman–Crippen MR) is 74.0 cm³/mol. The maximum Gasteiger partial charge on any atom is 0.256 e. The van der Waals surface area contributed by atoms with Crippen LogP contribution in [-0.4, -0.2) is 61.5 Å². The maximum absolute atomic E-state index is 12.3. The van der Waals surface area contributed by atoms with Gasteiger partial charge in [0.05, 0.1) is 33.0 Å². The Labute approximate surface area is 117 Å². The largest absolute Gasteiger partial charge is 0.493 e. The summed E-state index contributed by atoms with van der Waals surface area (Å²) < 4.78 is 10.2. The molecule has 4 N–H and O–H groups in total. The third-order valence-corrected chi connectivity index (χ3v) is 2.81. The summed E-state index contributed by atoms with van der Waals surface area (Å²) in [4.78, 5) is 13.7. The molecule has 0 saturated heterocycles. The molecule has 0 aliphatic heterocycles. The predicted octanol–water partition coefficient (Wildman–Crippen LogP) is -0.287. The Kier molecular flexibility index (Phi) is 6.08. The first-order valence-corrected chi connectivity index (χ1v) is 6.11. The van der Waals surface area contributed by atoms with Gasteiger partial charge in [-0.3, -0.25) is 4.79 Å². The fourth-order valence-electron chi connectivity index (χ4n) is 1.81. The highest BCUT2D eigenvalue weighted by atomic mass is 16.5. The van der Waals surface area contributed by atoms with E-state index in [-0.39, 0.29) is 43.5 Å². The molecule has 0 fully saturated rings. The van der Waals surface area contributed by atoms with Gasteiger partial charge in [0, 0.05) is 24.8 Å². The van der Waals surface area contributed by atoms with Crippen LogP contribution in [0.15, 0.2) is 12.1 Å². The smallest absolute Gasteiger partial charge is 0.256 e. The third kappa shape index (κ3) is 3.52. The summed E-state index contributed by atoms with van der Waals surface area (Å²) >= 11 is 0. The highest BCUT2D eigenvalue weighted by Gasteiger charge is 2.20. The molecule has 1 aromatic carbocycles. The Morgan fingerprint density at radius 2 is 1.65 bits per heavy atom. The highest BCUT2D eigenvalue weighted by Crippen LogP contribution is 2.32. The van der Waals surface area contributed by atoms with E-state index in [1.165, 1.54) is 31.3 Å². The molecule has 7 nitrogen and oxygen atoms in total. The van der Waals surface area contributed by atoms with Crippen molar-refractivity contribution in [1.29, 1.82) is 0 Å². The Morgan fingerprint density at radius 3 is 2.10 bits per heavy atom. The van der Waals surface area contributed by atoms with Gasteiger partial charge in [0.15, 0.2) is 11.5 Å². The minimum absolute atomic E-state index is 0.118. The van der Waals surface area contributed by atoms with Crippen LogP contribution < -0.4 is 15.2 Å². The summed E-state index contributed by atoms with van der Waals surface area (Å²) in [5.74, 6) is 0.432. The minimum Gasteiger partial charge on any atom is -0.493 e. The first-order chi connectivity index (χ1) is 9.58. The van der Waals surface area contributed by atoms with Crippen molar-refractivity contribution >= 4 is 11.6 Å². The molecule has 112 valence electrons. The SMILES string of the molecule is COc1cc(N)c(C(=O)N(CCO)CCO)cc1OC. The molecular formula is C13H20N2O5. The van der Waals surface area contributed by atoms with Crippen LogP contribution in [0.25, 0.3) is 0 Å². The van der Waals surface area contributed by atoms with Crippen molar-refractivity contribution in [2.24, 2.45) is 0 Å². The molecule has 0 atom stereocenters. The number of methoxy groups -OCH3 is 2. The number of nitrogen functional groups attached to an aromatic ring is 1. The quantitative estimate of drug-likeness (QED) is 0.594. The van der Waals surface area contributed by atoms with Crippen molar-refractivity contribution in [3.8, 4) is 11.5 Å². The number of aliphatic hydroxyl groups excluding tert-OH is 2. The van der Waals surface area contributed by atoms with Crippen molar-refractivity contribution in [3.63, 3.8) is 0 Å². The number of nitrogens with zero attached hydrogens (tertiary/aromatic N) is 1. The van der Waals surface area contributed by atoms with Crippen molar-refractivity contribution in [1.82, 2.24) is 4.90 Å². The van der Waals surface area contributed by atoms with E-state index in [2.05, 4.69) is 0 Å². The summed E-state index contributed by atoms with van der Waals surface area (Å²) in [6.07, 6.45) is 0. The third-order valence-electron chi connectivity index (χ3n) is 2.81. The zero-order valence-electron chi connectivity index (χ0n) is 11.6. The number of aliphatic hydroxyl groups is 2. The lowest BCUT2D eigenvalue weighted by atomic mass is 10.1. The molecule has 0 saturated carbocycles. The van der Waals surface area contributed by atoms with E-state index in [1.54, 1.807) is 0 Å². The van der Waals surface area contributed by atoms with Gasteiger partial charge >= 0.3 is 0 Å². The molecule has 1 amide bonds. The molecule has 1 rings (SSSR count). The number of anilines is 1. The number of hydrogen-bond acceptors (Lipinski definition) is 6. The molecule has 1 aromatic rings. The molecule has 0 radical (unpaired) electrons. The number of rotatable bonds is 7. The number of amides is 1. The second kappa shape index (κ2) is 7.56. The Balaban J connectivity index is 3.13. The van der Waals surface area contributed by atoms with Crippen LogP contribution in [0.5, 0.6) is 11.5 Å². The van der Waals surface area contributed by atoms with Crippen LogP contribution in [0.2, 0.25) is 0 Å². The maximum atomic E-state index is 12.3. The van der Waals surface area contributed by atoms with Gasteiger partial charge in [-0.15, -0.1) is 0 Å². The standard InChI is InChI=1S/C13H20N2O5/c1-19-11-7-9(10(14)8-12(11)20-2)13(18)15(3-5-16)4-6-17/h7-8,16-17H,3-6,14H2,1-2H3. The number of carbonyl (C=O) groups is 1. The molecule has 0 unspecified atom stereocenters. The van der Waals surface area contributed by atoms with E-state index < -0.39 is 0 Å². The summed E-state index contributed by atoms with van der Waals surface area (Å²) in [6.45, 7) is -0.155. The first kappa shape index (κ1) is 16.1. The number of hydrogen-bond donors (Lipinski definition) is 3. The van der Waals surface area contributed by atoms with Crippen molar-refractivity contribution < 1.29 is 24.5 Å². The monoisotopic (exact) mass is 284 g/mol. The fourth-order valence-corrected chi connectivity index (χ4v) is 1.81. The van der Waals surface area contributed by atoms with E-state index >= 15 is 0 Å². The second-order valence-electron chi connectivity index (χ2n) is 4.03. The lowest BCUT2D eigenvalue weighted by Crippen LogP contribution is -2.36. The average molecular weight is 284 g/mol. The zero-order valence-corrected chi connectivity index (χ0v) is 11.6. The topological polar surface area (TPSA) is 105 Å². The average Bonchev–Trinajstić information content (AvgIpc) is 2.46. The van der Waals surface area contributed by atoms with E-state index in [4.69, 9.17) is 25.4 Å². The summed E-state index contributed by atoms with van der Waals surface area (Å²) in [5, 5.41) is 17.9.